The van der Waals surface area contributed by atoms with Gasteiger partial charge in [-0.1, -0.05) is 0 Å². The van der Waals surface area contributed by atoms with Crippen molar-refractivity contribution in [3.63, 3.8) is 0 Å². The minimum atomic E-state index is -0.290. The molecule has 1 aromatic rings. The van der Waals surface area contributed by atoms with Crippen molar-refractivity contribution >= 4 is 17.5 Å². The van der Waals surface area contributed by atoms with Gasteiger partial charge in [-0.25, -0.2) is 0 Å². The van der Waals surface area contributed by atoms with Gasteiger partial charge in [-0.3, -0.25) is 9.59 Å². The lowest BCUT2D eigenvalue weighted by atomic mass is 10.1. The van der Waals surface area contributed by atoms with Crippen molar-refractivity contribution in [2.24, 2.45) is 0 Å². The molecule has 128 valence electrons. The summed E-state index contributed by atoms with van der Waals surface area (Å²) in [6.45, 7) is 7.52. The number of hydrogen-bond donors (Lipinski definition) is 1. The third kappa shape index (κ3) is 5.81. The summed E-state index contributed by atoms with van der Waals surface area (Å²) in [6, 6.07) is 5.23. The van der Waals surface area contributed by atoms with E-state index in [-0.39, 0.29) is 23.8 Å². The van der Waals surface area contributed by atoms with Crippen LogP contribution in [-0.2, 0) is 9.59 Å². The standard InChI is InChI=1S/C17H26N2O4/c1-12(20)19(10-9-16(21)18-17(2,3)4)13-7-8-14(22-5)15(11-13)23-6/h7-8,11H,9-10H2,1-6H3,(H,18,21). The van der Waals surface area contributed by atoms with Gasteiger partial charge in [0.15, 0.2) is 11.5 Å². The van der Waals surface area contributed by atoms with Crippen molar-refractivity contribution in [2.75, 3.05) is 25.7 Å². The van der Waals surface area contributed by atoms with E-state index >= 15 is 0 Å². The molecular formula is C17H26N2O4. The van der Waals surface area contributed by atoms with E-state index in [4.69, 9.17) is 9.47 Å². The largest absolute Gasteiger partial charge is 0.493 e. The van der Waals surface area contributed by atoms with Crippen LogP contribution in [0.2, 0.25) is 0 Å². The van der Waals surface area contributed by atoms with Gasteiger partial charge in [0.25, 0.3) is 0 Å². The van der Waals surface area contributed by atoms with Gasteiger partial charge in [-0.05, 0) is 32.9 Å². The minimum absolute atomic E-state index is 0.0933. The number of benzene rings is 1. The molecule has 1 N–H and O–H groups in total. The first kappa shape index (κ1) is 18.8. The summed E-state index contributed by atoms with van der Waals surface area (Å²) in [5, 5.41) is 2.88. The highest BCUT2D eigenvalue weighted by Crippen LogP contribution is 2.31. The number of nitrogens with one attached hydrogen (secondary N) is 1. The molecule has 0 saturated carbocycles. The number of hydrogen-bond acceptors (Lipinski definition) is 4. The molecule has 0 aromatic heterocycles. The van der Waals surface area contributed by atoms with E-state index in [0.29, 0.717) is 23.7 Å². The fourth-order valence-electron chi connectivity index (χ4n) is 2.16. The highest BCUT2D eigenvalue weighted by atomic mass is 16.5. The lowest BCUT2D eigenvalue weighted by Crippen LogP contribution is -2.42. The van der Waals surface area contributed by atoms with Gasteiger partial charge >= 0.3 is 0 Å². The zero-order valence-electron chi connectivity index (χ0n) is 14.7. The molecule has 0 saturated heterocycles. The van der Waals surface area contributed by atoms with Crippen LogP contribution < -0.4 is 19.7 Å². The maximum atomic E-state index is 11.9. The Hall–Kier alpha value is -2.24. The quantitative estimate of drug-likeness (QED) is 0.873. The van der Waals surface area contributed by atoms with Crippen molar-refractivity contribution in [3.05, 3.63) is 18.2 Å². The van der Waals surface area contributed by atoms with Gasteiger partial charge in [-0.2, -0.15) is 0 Å². The van der Waals surface area contributed by atoms with Crippen LogP contribution in [0.25, 0.3) is 0 Å². The predicted molar refractivity (Wildman–Crippen MR) is 90.1 cm³/mol. The van der Waals surface area contributed by atoms with Crippen molar-refractivity contribution in [1.29, 1.82) is 0 Å². The summed E-state index contributed by atoms with van der Waals surface area (Å²) in [4.78, 5) is 25.4. The summed E-state index contributed by atoms with van der Waals surface area (Å²) in [5.41, 5.74) is 0.375. The summed E-state index contributed by atoms with van der Waals surface area (Å²) in [6.07, 6.45) is 0.227. The Labute approximate surface area is 137 Å². The number of rotatable bonds is 6. The highest BCUT2D eigenvalue weighted by molar-refractivity contribution is 5.92. The molecule has 1 rings (SSSR count). The Morgan fingerprint density at radius 3 is 2.22 bits per heavy atom. The summed E-state index contributed by atoms with van der Waals surface area (Å²) in [7, 11) is 3.09. The summed E-state index contributed by atoms with van der Waals surface area (Å²) in [5.74, 6) is 0.894. The highest BCUT2D eigenvalue weighted by Gasteiger charge is 2.18. The van der Waals surface area contributed by atoms with Crippen molar-refractivity contribution in [1.82, 2.24) is 5.32 Å². The first-order valence-corrected chi connectivity index (χ1v) is 7.49. The van der Waals surface area contributed by atoms with Crippen molar-refractivity contribution in [3.8, 4) is 11.5 Å². The summed E-state index contributed by atoms with van der Waals surface area (Å²) < 4.78 is 10.4. The van der Waals surface area contributed by atoms with E-state index in [0.717, 1.165) is 0 Å². The molecule has 6 heteroatoms. The van der Waals surface area contributed by atoms with E-state index in [2.05, 4.69) is 5.32 Å². The molecule has 0 aliphatic carbocycles. The van der Waals surface area contributed by atoms with E-state index < -0.39 is 0 Å². The molecule has 1 aromatic carbocycles. The van der Waals surface area contributed by atoms with E-state index in [1.807, 2.05) is 20.8 Å². The normalized spacial score (nSPS) is 10.9. The number of amides is 2. The van der Waals surface area contributed by atoms with Crippen LogP contribution in [-0.4, -0.2) is 38.1 Å². The van der Waals surface area contributed by atoms with Gasteiger partial charge in [0.2, 0.25) is 11.8 Å². The summed E-state index contributed by atoms with van der Waals surface area (Å²) >= 11 is 0. The molecule has 23 heavy (non-hydrogen) atoms. The second-order valence-corrected chi connectivity index (χ2v) is 6.26. The van der Waals surface area contributed by atoms with Crippen LogP contribution in [0, 0.1) is 0 Å². The fraction of sp³-hybridized carbons (Fsp3) is 0.529. The average Bonchev–Trinajstić information content (AvgIpc) is 2.44. The molecule has 0 unspecified atom stereocenters. The third-order valence-corrected chi connectivity index (χ3v) is 3.14. The Bertz CT molecular complexity index is 564. The molecule has 6 nitrogen and oxygen atoms in total. The molecule has 2 amide bonds. The monoisotopic (exact) mass is 322 g/mol. The lowest BCUT2D eigenvalue weighted by molar-refractivity contribution is -0.122. The lowest BCUT2D eigenvalue weighted by Gasteiger charge is -2.24. The van der Waals surface area contributed by atoms with Crippen LogP contribution in [0.3, 0.4) is 0 Å². The van der Waals surface area contributed by atoms with Crippen LogP contribution in [0.4, 0.5) is 5.69 Å². The van der Waals surface area contributed by atoms with Crippen molar-refractivity contribution < 1.29 is 19.1 Å². The topological polar surface area (TPSA) is 67.9 Å². The molecule has 0 atom stereocenters. The molecule has 0 radical (unpaired) electrons. The number of carbonyl (C=O) groups is 2. The van der Waals surface area contributed by atoms with E-state index in [1.165, 1.54) is 14.0 Å². The van der Waals surface area contributed by atoms with Gasteiger partial charge < -0.3 is 19.7 Å². The predicted octanol–water partition coefficient (Wildman–Crippen LogP) is 2.36. The third-order valence-electron chi connectivity index (χ3n) is 3.14. The molecule has 0 aliphatic heterocycles. The van der Waals surface area contributed by atoms with Gasteiger partial charge in [-0.15, -0.1) is 0 Å². The minimum Gasteiger partial charge on any atom is -0.493 e. The molecular weight excluding hydrogens is 296 g/mol. The molecule has 0 aliphatic rings. The zero-order valence-corrected chi connectivity index (χ0v) is 14.7. The number of carbonyl (C=O) groups excluding carboxylic acids is 2. The van der Waals surface area contributed by atoms with Crippen LogP contribution in [0.1, 0.15) is 34.1 Å². The Morgan fingerprint density at radius 2 is 1.74 bits per heavy atom. The molecule has 0 spiro atoms. The maximum Gasteiger partial charge on any atom is 0.223 e. The van der Waals surface area contributed by atoms with Gasteiger partial charge in [0, 0.05) is 37.2 Å². The smallest absolute Gasteiger partial charge is 0.223 e. The zero-order chi connectivity index (χ0) is 17.6. The second kappa shape index (κ2) is 7.85. The van der Waals surface area contributed by atoms with Gasteiger partial charge in [0.05, 0.1) is 14.2 Å². The number of nitrogens with zero attached hydrogens (tertiary/aromatic N) is 1. The first-order valence-electron chi connectivity index (χ1n) is 7.49. The van der Waals surface area contributed by atoms with E-state index in [1.54, 1.807) is 30.2 Å². The molecule has 0 heterocycles. The first-order chi connectivity index (χ1) is 10.7. The maximum absolute atomic E-state index is 11.9. The van der Waals surface area contributed by atoms with Crippen LogP contribution in [0.15, 0.2) is 18.2 Å². The van der Waals surface area contributed by atoms with Crippen LogP contribution >= 0.6 is 0 Å². The Kier molecular flexibility index (Phi) is 6.42. The SMILES string of the molecule is COc1ccc(N(CCC(=O)NC(C)(C)C)C(C)=O)cc1OC. The van der Waals surface area contributed by atoms with Crippen molar-refractivity contribution in [2.45, 2.75) is 39.7 Å². The number of ether oxygens (including phenoxy) is 2. The molecule has 0 fully saturated rings. The Balaban J connectivity index is 2.87. The molecule has 0 bridgehead atoms. The van der Waals surface area contributed by atoms with Gasteiger partial charge in [0.1, 0.15) is 0 Å². The average molecular weight is 322 g/mol. The number of methoxy groups -OCH3 is 2. The fourth-order valence-corrected chi connectivity index (χ4v) is 2.16. The number of anilines is 1. The van der Waals surface area contributed by atoms with E-state index in [9.17, 15) is 9.59 Å². The van der Waals surface area contributed by atoms with Crippen LogP contribution in [0.5, 0.6) is 11.5 Å². The second-order valence-electron chi connectivity index (χ2n) is 6.26. The Morgan fingerprint density at radius 1 is 1.13 bits per heavy atom.